The number of carbonyl (C=O) groups excluding carboxylic acids is 2. The Morgan fingerprint density at radius 1 is 1.14 bits per heavy atom. The molecule has 0 bridgehead atoms. The minimum absolute atomic E-state index is 0.0109. The number of benzene rings is 1. The van der Waals surface area contributed by atoms with E-state index in [4.69, 9.17) is 9.47 Å². The number of fused-ring (bicyclic) bond motifs is 1. The van der Waals surface area contributed by atoms with Crippen LogP contribution in [-0.2, 0) is 14.3 Å². The molecule has 1 saturated heterocycles. The molecule has 2 aliphatic carbocycles. The van der Waals surface area contributed by atoms with Gasteiger partial charge in [0.15, 0.2) is 0 Å². The van der Waals surface area contributed by atoms with Gasteiger partial charge in [0.2, 0.25) is 5.91 Å². The summed E-state index contributed by atoms with van der Waals surface area (Å²) in [5.41, 5.74) is 0.751. The molecule has 2 amide bonds. The van der Waals surface area contributed by atoms with Crippen molar-refractivity contribution >= 4 is 17.7 Å². The van der Waals surface area contributed by atoms with Crippen LogP contribution in [0.15, 0.2) is 24.3 Å². The molecule has 194 valence electrons. The highest BCUT2D eigenvalue weighted by Gasteiger charge is 2.60. The third-order valence-electron chi connectivity index (χ3n) is 8.98. The van der Waals surface area contributed by atoms with Crippen molar-refractivity contribution in [2.75, 3.05) is 38.2 Å². The number of carbonyl (C=O) groups is 2. The normalized spacial score (nSPS) is 35.2. The van der Waals surface area contributed by atoms with E-state index in [2.05, 4.69) is 12.2 Å². The van der Waals surface area contributed by atoms with Crippen molar-refractivity contribution in [3.05, 3.63) is 29.8 Å². The molecule has 1 aliphatic heterocycles. The van der Waals surface area contributed by atoms with Gasteiger partial charge in [-0.2, -0.15) is 0 Å². The van der Waals surface area contributed by atoms with Gasteiger partial charge < -0.3 is 24.6 Å². The van der Waals surface area contributed by atoms with Gasteiger partial charge in [-0.25, -0.2) is 4.79 Å². The Morgan fingerprint density at radius 2 is 1.83 bits per heavy atom. The second kappa shape index (κ2) is 10.4. The first-order valence-corrected chi connectivity index (χ1v) is 12.9. The highest BCUT2D eigenvalue weighted by Crippen LogP contribution is 2.61. The number of aryl methyl sites for hydroxylation is 1. The van der Waals surface area contributed by atoms with Gasteiger partial charge in [0.1, 0.15) is 6.10 Å². The number of rotatable bonds is 5. The zero-order chi connectivity index (χ0) is 25.2. The van der Waals surface area contributed by atoms with Gasteiger partial charge in [0.05, 0.1) is 25.9 Å². The number of nitrogens with zero attached hydrogens (tertiary/aromatic N) is 1. The largest absolute Gasteiger partial charge is 0.445 e. The fourth-order valence-electron chi connectivity index (χ4n) is 6.82. The second-order valence-corrected chi connectivity index (χ2v) is 11.1. The molecular weight excluding hydrogens is 448 g/mol. The van der Waals surface area contributed by atoms with Gasteiger partial charge in [-0.1, -0.05) is 31.5 Å². The summed E-state index contributed by atoms with van der Waals surface area (Å²) >= 11 is 0. The first kappa shape index (κ1) is 25.9. The summed E-state index contributed by atoms with van der Waals surface area (Å²) in [5, 5.41) is 24.4. The summed E-state index contributed by atoms with van der Waals surface area (Å²) in [7, 11) is 0. The highest BCUT2D eigenvalue weighted by atomic mass is 16.6. The molecule has 0 unspecified atom stereocenters. The van der Waals surface area contributed by atoms with Gasteiger partial charge >= 0.3 is 6.09 Å². The maximum absolute atomic E-state index is 13.1. The second-order valence-electron chi connectivity index (χ2n) is 11.1. The molecule has 0 radical (unpaired) electrons. The topological polar surface area (TPSA) is 108 Å². The highest BCUT2D eigenvalue weighted by molar-refractivity contribution is 5.84. The van der Waals surface area contributed by atoms with Gasteiger partial charge in [0, 0.05) is 30.6 Å². The number of aliphatic hydroxyl groups excluding tert-OH is 2. The molecule has 8 nitrogen and oxygen atoms in total. The van der Waals surface area contributed by atoms with Crippen LogP contribution in [0, 0.1) is 29.6 Å². The maximum atomic E-state index is 13.1. The van der Waals surface area contributed by atoms with Gasteiger partial charge in [-0.15, -0.1) is 0 Å². The summed E-state index contributed by atoms with van der Waals surface area (Å²) in [5.74, 6) is -0.137. The Hall–Kier alpha value is -2.16. The van der Waals surface area contributed by atoms with E-state index >= 15 is 0 Å². The molecule has 1 heterocycles. The van der Waals surface area contributed by atoms with E-state index in [9.17, 15) is 19.8 Å². The van der Waals surface area contributed by atoms with Crippen LogP contribution in [0.25, 0.3) is 0 Å². The lowest BCUT2D eigenvalue weighted by molar-refractivity contribution is -0.187. The lowest BCUT2D eigenvalue weighted by Crippen LogP contribution is -2.61. The quantitative estimate of drug-likeness (QED) is 0.587. The molecular formula is C27H40N2O6. The average molecular weight is 489 g/mol. The van der Waals surface area contributed by atoms with E-state index in [0.717, 1.165) is 12.0 Å². The number of morpholine rings is 1. The van der Waals surface area contributed by atoms with Crippen molar-refractivity contribution in [3.8, 4) is 0 Å². The summed E-state index contributed by atoms with van der Waals surface area (Å²) in [6.07, 6.45) is 1.31. The minimum atomic E-state index is -0.669. The Bertz CT molecular complexity index is 901. The van der Waals surface area contributed by atoms with Crippen LogP contribution in [0.3, 0.4) is 0 Å². The third kappa shape index (κ3) is 5.20. The lowest BCUT2D eigenvalue weighted by atomic mass is 9.46. The van der Waals surface area contributed by atoms with Crippen molar-refractivity contribution in [2.45, 2.75) is 65.1 Å². The Morgan fingerprint density at radius 3 is 2.49 bits per heavy atom. The molecule has 0 spiro atoms. The molecule has 3 aliphatic rings. The zero-order valence-corrected chi connectivity index (χ0v) is 21.2. The van der Waals surface area contributed by atoms with Crippen LogP contribution < -0.4 is 5.32 Å². The van der Waals surface area contributed by atoms with E-state index in [1.807, 2.05) is 43.0 Å². The average Bonchev–Trinajstić information content (AvgIpc) is 2.85. The minimum Gasteiger partial charge on any atom is -0.445 e. The zero-order valence-electron chi connectivity index (χ0n) is 21.2. The monoisotopic (exact) mass is 488 g/mol. The SMILES string of the molecule is Cc1ccc(NC(=O)O[C@@H]2CC[C@]3(C)[C@H](CC[C@@H](O)[C@H]3CC(=O)N3CCOCC3)[C@]2(C)CO)cc1. The molecule has 6 atom stereocenters. The number of ether oxygens (including phenoxy) is 2. The number of hydrogen-bond donors (Lipinski definition) is 3. The molecule has 4 rings (SSSR count). The standard InChI is InChI=1S/C27H40N2O6/c1-18-4-6-19(7-5-18)28-25(33)35-23-10-11-26(2)20(16-24(32)29-12-14-34-15-13-29)21(31)8-9-22(26)27(23,3)17-30/h4-7,20-23,30-31H,8-17H2,1-3H3,(H,28,33)/t20-,21-,22+,23-,26+,27+/m1/s1. The van der Waals surface area contributed by atoms with Gasteiger partial charge in [0.25, 0.3) is 0 Å². The van der Waals surface area contributed by atoms with E-state index in [-0.39, 0.29) is 36.2 Å². The van der Waals surface area contributed by atoms with Crippen molar-refractivity contribution in [2.24, 2.45) is 22.7 Å². The fourth-order valence-corrected chi connectivity index (χ4v) is 6.82. The van der Waals surface area contributed by atoms with E-state index in [1.54, 1.807) is 0 Å². The molecule has 35 heavy (non-hydrogen) atoms. The summed E-state index contributed by atoms with van der Waals surface area (Å²) in [6.45, 7) is 8.25. The van der Waals surface area contributed by atoms with Crippen LogP contribution in [0.4, 0.5) is 10.5 Å². The molecule has 3 N–H and O–H groups in total. The van der Waals surface area contributed by atoms with Crippen molar-refractivity contribution in [3.63, 3.8) is 0 Å². The number of hydrogen-bond acceptors (Lipinski definition) is 6. The van der Waals surface area contributed by atoms with Crippen molar-refractivity contribution in [1.82, 2.24) is 4.90 Å². The number of anilines is 1. The number of amides is 2. The van der Waals surface area contributed by atoms with Crippen LogP contribution in [0.1, 0.15) is 51.5 Å². The summed E-state index contributed by atoms with van der Waals surface area (Å²) in [4.78, 5) is 27.7. The van der Waals surface area contributed by atoms with Crippen molar-refractivity contribution in [1.29, 1.82) is 0 Å². The van der Waals surface area contributed by atoms with Crippen LogP contribution in [-0.4, -0.2) is 72.2 Å². The van der Waals surface area contributed by atoms with E-state index in [0.29, 0.717) is 51.3 Å². The number of nitrogens with one attached hydrogen (secondary N) is 1. The Labute approximate surface area is 208 Å². The molecule has 1 aromatic carbocycles. The first-order chi connectivity index (χ1) is 16.7. The van der Waals surface area contributed by atoms with Gasteiger partial charge in [-0.05, 0) is 62.0 Å². The molecule has 0 aromatic heterocycles. The van der Waals surface area contributed by atoms with Crippen molar-refractivity contribution < 1.29 is 29.3 Å². The molecule has 1 aromatic rings. The van der Waals surface area contributed by atoms with E-state index in [1.165, 1.54) is 0 Å². The van der Waals surface area contributed by atoms with Crippen LogP contribution >= 0.6 is 0 Å². The molecule has 2 saturated carbocycles. The first-order valence-electron chi connectivity index (χ1n) is 12.9. The smallest absolute Gasteiger partial charge is 0.411 e. The third-order valence-corrected chi connectivity index (χ3v) is 8.98. The lowest BCUT2D eigenvalue weighted by Gasteiger charge is -2.60. The molecule has 3 fully saturated rings. The number of aliphatic hydroxyl groups is 2. The van der Waals surface area contributed by atoms with E-state index < -0.39 is 23.7 Å². The van der Waals surface area contributed by atoms with Crippen LogP contribution in [0.5, 0.6) is 0 Å². The Balaban J connectivity index is 1.48. The maximum Gasteiger partial charge on any atom is 0.411 e. The van der Waals surface area contributed by atoms with Gasteiger partial charge in [-0.3, -0.25) is 10.1 Å². The predicted molar refractivity (Wildman–Crippen MR) is 132 cm³/mol. The van der Waals surface area contributed by atoms with Crippen LogP contribution in [0.2, 0.25) is 0 Å². The fraction of sp³-hybridized carbons (Fsp3) is 0.704. The predicted octanol–water partition coefficient (Wildman–Crippen LogP) is 3.35. The summed E-state index contributed by atoms with van der Waals surface area (Å²) < 4.78 is 11.3. The molecule has 8 heteroatoms. The summed E-state index contributed by atoms with van der Waals surface area (Å²) in [6, 6.07) is 7.51. The Kier molecular flexibility index (Phi) is 7.74.